The van der Waals surface area contributed by atoms with Gasteiger partial charge in [-0.25, -0.2) is 4.79 Å². The Bertz CT molecular complexity index is 1020. The van der Waals surface area contributed by atoms with Crippen molar-refractivity contribution in [2.45, 2.75) is 33.0 Å². The summed E-state index contributed by atoms with van der Waals surface area (Å²) < 4.78 is 11.1. The van der Waals surface area contributed by atoms with Gasteiger partial charge in [-0.15, -0.1) is 11.6 Å². The molecule has 0 heterocycles. The number of halogens is 1. The molecule has 0 spiro atoms. The molecule has 0 aliphatic carbocycles. The molecule has 31 heavy (non-hydrogen) atoms. The van der Waals surface area contributed by atoms with E-state index in [1.54, 1.807) is 0 Å². The van der Waals surface area contributed by atoms with Crippen LogP contribution in [0.3, 0.4) is 0 Å². The Hall–Kier alpha value is -2.82. The summed E-state index contributed by atoms with van der Waals surface area (Å²) in [5, 5.41) is 11.1. The van der Waals surface area contributed by atoms with Gasteiger partial charge in [0.05, 0.1) is 20.3 Å². The molecule has 4 nitrogen and oxygen atoms in total. The molecule has 0 unspecified atom stereocenters. The third kappa shape index (κ3) is 5.09. The minimum atomic E-state index is -0.571. The number of carbonyl (C=O) groups is 1. The molecule has 0 saturated heterocycles. The zero-order valence-corrected chi connectivity index (χ0v) is 18.6. The zero-order chi connectivity index (χ0) is 22.2. The summed E-state index contributed by atoms with van der Waals surface area (Å²) in [6.07, 6.45) is 1.08. The van der Waals surface area contributed by atoms with Crippen LogP contribution in [0.4, 0.5) is 0 Å². The van der Waals surface area contributed by atoms with E-state index in [2.05, 4.69) is 0 Å². The maximum atomic E-state index is 12.7. The summed E-state index contributed by atoms with van der Waals surface area (Å²) in [5.41, 5.74) is 5.20. The van der Waals surface area contributed by atoms with Crippen LogP contribution in [-0.4, -0.2) is 24.1 Å². The predicted molar refractivity (Wildman–Crippen MR) is 124 cm³/mol. The van der Waals surface area contributed by atoms with Crippen molar-refractivity contribution >= 4 is 17.6 Å². The molecule has 0 aromatic heterocycles. The van der Waals surface area contributed by atoms with E-state index in [-0.39, 0.29) is 11.3 Å². The van der Waals surface area contributed by atoms with Crippen molar-refractivity contribution in [3.8, 4) is 16.9 Å². The van der Waals surface area contributed by atoms with E-state index in [1.165, 1.54) is 7.11 Å². The number of phenolic OH excluding ortho intramolecular Hbond substituents is 1. The van der Waals surface area contributed by atoms with E-state index < -0.39 is 5.97 Å². The first-order valence-electron chi connectivity index (χ1n) is 10.3. The van der Waals surface area contributed by atoms with Crippen LogP contribution in [0.2, 0.25) is 0 Å². The smallest absolute Gasteiger partial charge is 0.342 e. The van der Waals surface area contributed by atoms with Gasteiger partial charge in [-0.05, 0) is 35.1 Å². The topological polar surface area (TPSA) is 55.8 Å². The van der Waals surface area contributed by atoms with Crippen molar-refractivity contribution in [3.05, 3.63) is 88.5 Å². The number of carbonyl (C=O) groups excluding carboxylic acids is 1. The first-order chi connectivity index (χ1) is 15.1. The second kappa shape index (κ2) is 11.0. The summed E-state index contributed by atoms with van der Waals surface area (Å²) in [5.74, 6) is -0.247. The van der Waals surface area contributed by atoms with Crippen molar-refractivity contribution in [1.29, 1.82) is 0 Å². The van der Waals surface area contributed by atoms with Crippen molar-refractivity contribution in [2.24, 2.45) is 0 Å². The highest BCUT2D eigenvalue weighted by Crippen LogP contribution is 2.41. The standard InChI is InChI=1S/C26H27ClO4/c1-3-20-22(17-31-16-18-10-6-4-7-11-18)21(14-15-27)23(19-12-8-5-9-13-19)24(25(20)28)26(29)30-2/h4-13,28H,3,14-17H2,1-2H3. The Balaban J connectivity index is 2.16. The molecule has 162 valence electrons. The molecular formula is C26H27ClO4. The third-order valence-corrected chi connectivity index (χ3v) is 5.50. The van der Waals surface area contributed by atoms with Crippen LogP contribution >= 0.6 is 11.6 Å². The summed E-state index contributed by atoms with van der Waals surface area (Å²) in [6, 6.07) is 19.5. The average molecular weight is 439 g/mol. The fourth-order valence-corrected chi connectivity index (χ4v) is 4.08. The first kappa shape index (κ1) is 22.9. The Morgan fingerprint density at radius 1 is 0.935 bits per heavy atom. The predicted octanol–water partition coefficient (Wildman–Crippen LogP) is 5.91. The van der Waals surface area contributed by atoms with Gasteiger partial charge in [0.15, 0.2) is 0 Å². The fraction of sp³-hybridized carbons (Fsp3) is 0.269. The Kier molecular flexibility index (Phi) is 8.10. The van der Waals surface area contributed by atoms with E-state index in [4.69, 9.17) is 21.1 Å². The molecule has 0 amide bonds. The third-order valence-electron chi connectivity index (χ3n) is 5.31. The molecule has 3 aromatic carbocycles. The Morgan fingerprint density at radius 2 is 1.58 bits per heavy atom. The van der Waals surface area contributed by atoms with Crippen LogP contribution in [0.1, 0.15) is 39.5 Å². The van der Waals surface area contributed by atoms with E-state index in [9.17, 15) is 9.90 Å². The molecule has 3 rings (SSSR count). The summed E-state index contributed by atoms with van der Waals surface area (Å²) in [6.45, 7) is 2.70. The van der Waals surface area contributed by atoms with Crippen LogP contribution in [0.15, 0.2) is 60.7 Å². The van der Waals surface area contributed by atoms with Gasteiger partial charge in [-0.1, -0.05) is 67.6 Å². The quantitative estimate of drug-likeness (QED) is 0.333. The minimum Gasteiger partial charge on any atom is -0.507 e. The van der Waals surface area contributed by atoms with Gasteiger partial charge in [-0.2, -0.15) is 0 Å². The van der Waals surface area contributed by atoms with Gasteiger partial charge in [0.2, 0.25) is 0 Å². The SMILES string of the molecule is CCc1c(O)c(C(=O)OC)c(-c2ccccc2)c(CCCl)c1COCc1ccccc1. The molecule has 0 radical (unpaired) electrons. The molecule has 0 aliphatic heterocycles. The van der Waals surface area contributed by atoms with Crippen molar-refractivity contribution in [2.75, 3.05) is 13.0 Å². The number of esters is 1. The van der Waals surface area contributed by atoms with E-state index in [1.807, 2.05) is 67.6 Å². The average Bonchev–Trinajstić information content (AvgIpc) is 2.81. The highest BCUT2D eigenvalue weighted by atomic mass is 35.5. The summed E-state index contributed by atoms with van der Waals surface area (Å²) in [7, 11) is 1.32. The number of hydrogen-bond donors (Lipinski definition) is 1. The van der Waals surface area contributed by atoms with Gasteiger partial charge in [-0.3, -0.25) is 0 Å². The van der Waals surface area contributed by atoms with Crippen molar-refractivity contribution in [1.82, 2.24) is 0 Å². The lowest BCUT2D eigenvalue weighted by molar-refractivity contribution is 0.0597. The van der Waals surface area contributed by atoms with Crippen LogP contribution in [-0.2, 0) is 35.5 Å². The molecule has 5 heteroatoms. The highest BCUT2D eigenvalue weighted by Gasteiger charge is 2.28. The maximum absolute atomic E-state index is 12.7. The number of ether oxygens (including phenoxy) is 2. The van der Waals surface area contributed by atoms with Crippen LogP contribution < -0.4 is 0 Å². The number of aromatic hydroxyl groups is 1. The molecule has 0 aliphatic rings. The molecule has 0 saturated carbocycles. The largest absolute Gasteiger partial charge is 0.507 e. The van der Waals surface area contributed by atoms with Crippen LogP contribution in [0.5, 0.6) is 5.75 Å². The lowest BCUT2D eigenvalue weighted by atomic mass is 9.85. The van der Waals surface area contributed by atoms with E-state index >= 15 is 0 Å². The van der Waals surface area contributed by atoms with Crippen molar-refractivity contribution in [3.63, 3.8) is 0 Å². The Morgan fingerprint density at radius 3 is 2.16 bits per heavy atom. The number of benzene rings is 3. The van der Waals surface area contributed by atoms with Crippen molar-refractivity contribution < 1.29 is 19.4 Å². The van der Waals surface area contributed by atoms with Gasteiger partial charge in [0.1, 0.15) is 11.3 Å². The minimum absolute atomic E-state index is 0.0511. The molecule has 3 aromatic rings. The second-order valence-corrected chi connectivity index (χ2v) is 7.54. The van der Waals surface area contributed by atoms with Gasteiger partial charge >= 0.3 is 5.97 Å². The van der Waals surface area contributed by atoms with Gasteiger partial charge in [0.25, 0.3) is 0 Å². The van der Waals surface area contributed by atoms with Crippen LogP contribution in [0, 0.1) is 0 Å². The van der Waals surface area contributed by atoms with Gasteiger partial charge < -0.3 is 14.6 Å². The number of hydrogen-bond acceptors (Lipinski definition) is 4. The van der Waals surface area contributed by atoms with E-state index in [0.717, 1.165) is 22.3 Å². The molecule has 0 fully saturated rings. The second-order valence-electron chi connectivity index (χ2n) is 7.16. The summed E-state index contributed by atoms with van der Waals surface area (Å²) >= 11 is 6.18. The number of rotatable bonds is 9. The first-order valence-corrected chi connectivity index (χ1v) is 10.9. The number of alkyl halides is 1. The number of phenols is 1. The normalized spacial score (nSPS) is 10.8. The fourth-order valence-electron chi connectivity index (χ4n) is 3.89. The van der Waals surface area contributed by atoms with Crippen LogP contribution in [0.25, 0.3) is 11.1 Å². The molecular weight excluding hydrogens is 412 g/mol. The van der Waals surface area contributed by atoms with Gasteiger partial charge in [0, 0.05) is 17.0 Å². The molecule has 0 bridgehead atoms. The zero-order valence-electron chi connectivity index (χ0n) is 17.9. The van der Waals surface area contributed by atoms with E-state index in [0.29, 0.717) is 43.1 Å². The number of methoxy groups -OCH3 is 1. The molecule has 0 atom stereocenters. The Labute approximate surface area is 188 Å². The molecule has 1 N–H and O–H groups in total. The highest BCUT2D eigenvalue weighted by molar-refractivity contribution is 6.18. The monoisotopic (exact) mass is 438 g/mol. The summed E-state index contributed by atoms with van der Waals surface area (Å²) in [4.78, 5) is 12.7. The maximum Gasteiger partial charge on any atom is 0.342 e. The lowest BCUT2D eigenvalue weighted by Gasteiger charge is -2.23. The lowest BCUT2D eigenvalue weighted by Crippen LogP contribution is -2.13.